The molecule has 2 heterocycles. The predicted octanol–water partition coefficient (Wildman–Crippen LogP) is 12.9. The standard InChI is InChI=1S/C47H29N3S/c1-3-12-30(13-4-1)33-17-9-18-35(28-33)45-48-46(50-47(49-45)40-21-11-23-42-44(40)39-19-7-8-22-41(39)51-42)36-26-27-38-34(29-36)25-24-32-16-10-20-37(43(32)38)31-14-5-2-6-15-31/h1-29H. The van der Waals surface area contributed by atoms with Crippen molar-refractivity contribution in [3.05, 3.63) is 176 Å². The highest BCUT2D eigenvalue weighted by molar-refractivity contribution is 7.25. The maximum atomic E-state index is 5.23. The van der Waals surface area contributed by atoms with Gasteiger partial charge in [-0.1, -0.05) is 152 Å². The van der Waals surface area contributed by atoms with E-state index in [1.807, 2.05) is 6.07 Å². The average Bonchev–Trinajstić information content (AvgIpc) is 3.60. The largest absolute Gasteiger partial charge is 0.208 e. The Morgan fingerprint density at radius 3 is 1.76 bits per heavy atom. The van der Waals surface area contributed by atoms with Crippen molar-refractivity contribution in [1.29, 1.82) is 0 Å². The van der Waals surface area contributed by atoms with Crippen LogP contribution in [0.3, 0.4) is 0 Å². The topological polar surface area (TPSA) is 38.7 Å². The first-order valence-corrected chi connectivity index (χ1v) is 17.9. The molecule has 8 aromatic carbocycles. The summed E-state index contributed by atoms with van der Waals surface area (Å²) >= 11 is 1.80. The number of hydrogen-bond acceptors (Lipinski definition) is 4. The zero-order valence-corrected chi connectivity index (χ0v) is 28.3. The molecule has 0 N–H and O–H groups in total. The van der Waals surface area contributed by atoms with Gasteiger partial charge in [-0.05, 0) is 68.1 Å². The van der Waals surface area contributed by atoms with Gasteiger partial charge in [0, 0.05) is 36.9 Å². The molecule has 0 radical (unpaired) electrons. The van der Waals surface area contributed by atoms with Crippen molar-refractivity contribution in [1.82, 2.24) is 15.0 Å². The first-order chi connectivity index (χ1) is 25.3. The Hall–Kier alpha value is -6.49. The van der Waals surface area contributed by atoms with E-state index in [-0.39, 0.29) is 0 Å². The molecule has 0 atom stereocenters. The van der Waals surface area contributed by atoms with Crippen molar-refractivity contribution in [3.63, 3.8) is 0 Å². The van der Waals surface area contributed by atoms with Gasteiger partial charge in [-0.15, -0.1) is 11.3 Å². The van der Waals surface area contributed by atoms with E-state index in [2.05, 4.69) is 170 Å². The normalized spacial score (nSPS) is 11.5. The van der Waals surface area contributed by atoms with Gasteiger partial charge in [0.25, 0.3) is 0 Å². The van der Waals surface area contributed by atoms with Crippen molar-refractivity contribution in [3.8, 4) is 56.4 Å². The maximum Gasteiger partial charge on any atom is 0.164 e. The molecule has 0 aliphatic heterocycles. The molecule has 0 saturated carbocycles. The highest BCUT2D eigenvalue weighted by atomic mass is 32.1. The molecule has 10 rings (SSSR count). The zero-order chi connectivity index (χ0) is 33.7. The number of aromatic nitrogens is 3. The second kappa shape index (κ2) is 12.1. The number of fused-ring (bicyclic) bond motifs is 6. The van der Waals surface area contributed by atoms with Crippen LogP contribution < -0.4 is 0 Å². The Morgan fingerprint density at radius 2 is 0.922 bits per heavy atom. The lowest BCUT2D eigenvalue weighted by Crippen LogP contribution is -2.00. The van der Waals surface area contributed by atoms with E-state index < -0.39 is 0 Å². The van der Waals surface area contributed by atoms with Gasteiger partial charge in [-0.2, -0.15) is 0 Å². The fourth-order valence-corrected chi connectivity index (χ4v) is 8.43. The molecule has 2 aromatic heterocycles. The molecule has 10 aromatic rings. The van der Waals surface area contributed by atoms with Crippen molar-refractivity contribution < 1.29 is 0 Å². The minimum Gasteiger partial charge on any atom is -0.208 e. The van der Waals surface area contributed by atoms with Crippen molar-refractivity contribution in [2.45, 2.75) is 0 Å². The molecule has 0 aliphatic rings. The molecule has 51 heavy (non-hydrogen) atoms. The van der Waals surface area contributed by atoms with Crippen LogP contribution in [-0.4, -0.2) is 15.0 Å². The lowest BCUT2D eigenvalue weighted by atomic mass is 9.93. The summed E-state index contributed by atoms with van der Waals surface area (Å²) < 4.78 is 2.47. The van der Waals surface area contributed by atoms with Crippen LogP contribution in [0.15, 0.2) is 176 Å². The Balaban J connectivity index is 1.19. The van der Waals surface area contributed by atoms with Crippen LogP contribution in [0.4, 0.5) is 0 Å². The second-order valence-corrected chi connectivity index (χ2v) is 13.9. The van der Waals surface area contributed by atoms with Crippen LogP contribution >= 0.6 is 11.3 Å². The predicted molar refractivity (Wildman–Crippen MR) is 215 cm³/mol. The van der Waals surface area contributed by atoms with Gasteiger partial charge >= 0.3 is 0 Å². The molecule has 0 bridgehead atoms. The minimum atomic E-state index is 0.647. The highest BCUT2D eigenvalue weighted by Gasteiger charge is 2.18. The molecular formula is C47H29N3S. The van der Waals surface area contributed by atoms with Crippen LogP contribution in [0, 0.1) is 0 Å². The lowest BCUT2D eigenvalue weighted by molar-refractivity contribution is 1.08. The SMILES string of the molecule is c1ccc(-c2cccc(-c3nc(-c4ccc5c(ccc6cccc(-c7ccccc7)c65)c4)nc(-c4cccc5sc6ccccc6c45)n3)c2)cc1. The summed E-state index contributed by atoms with van der Waals surface area (Å²) in [5.41, 5.74) is 7.61. The van der Waals surface area contributed by atoms with Gasteiger partial charge in [0.05, 0.1) is 0 Å². The van der Waals surface area contributed by atoms with E-state index in [4.69, 9.17) is 15.0 Å². The summed E-state index contributed by atoms with van der Waals surface area (Å²) in [7, 11) is 0. The molecule has 0 aliphatic carbocycles. The number of thiophene rings is 1. The Morgan fingerprint density at radius 1 is 0.314 bits per heavy atom. The van der Waals surface area contributed by atoms with E-state index >= 15 is 0 Å². The fraction of sp³-hybridized carbons (Fsp3) is 0. The monoisotopic (exact) mass is 667 g/mol. The van der Waals surface area contributed by atoms with E-state index in [1.54, 1.807) is 11.3 Å². The Bertz CT molecular complexity index is 2910. The number of hydrogen-bond donors (Lipinski definition) is 0. The van der Waals surface area contributed by atoms with Gasteiger partial charge in [0.2, 0.25) is 0 Å². The van der Waals surface area contributed by atoms with Crippen molar-refractivity contribution in [2.24, 2.45) is 0 Å². The molecular weight excluding hydrogens is 639 g/mol. The third-order valence-electron chi connectivity index (χ3n) is 9.71. The number of benzene rings is 8. The van der Waals surface area contributed by atoms with Crippen molar-refractivity contribution >= 4 is 53.1 Å². The smallest absolute Gasteiger partial charge is 0.164 e. The summed E-state index contributed by atoms with van der Waals surface area (Å²) in [5, 5.41) is 7.21. The van der Waals surface area contributed by atoms with Gasteiger partial charge in [0.1, 0.15) is 0 Å². The minimum absolute atomic E-state index is 0.647. The average molecular weight is 668 g/mol. The molecule has 0 amide bonds. The maximum absolute atomic E-state index is 5.23. The molecule has 4 heteroatoms. The molecule has 238 valence electrons. The fourth-order valence-electron chi connectivity index (χ4n) is 7.30. The molecule has 0 saturated heterocycles. The summed E-state index contributed by atoms with van der Waals surface area (Å²) in [6, 6.07) is 62.2. The highest BCUT2D eigenvalue weighted by Crippen LogP contribution is 2.40. The summed E-state index contributed by atoms with van der Waals surface area (Å²) in [6.45, 7) is 0. The molecule has 0 fully saturated rings. The van der Waals surface area contributed by atoms with Crippen LogP contribution in [0.1, 0.15) is 0 Å². The quantitative estimate of drug-likeness (QED) is 0.171. The van der Waals surface area contributed by atoms with Crippen LogP contribution in [-0.2, 0) is 0 Å². The number of rotatable bonds is 5. The van der Waals surface area contributed by atoms with E-state index in [0.29, 0.717) is 17.5 Å². The van der Waals surface area contributed by atoms with Gasteiger partial charge in [0.15, 0.2) is 17.5 Å². The molecule has 0 spiro atoms. The molecule has 0 unspecified atom stereocenters. The Labute approximate surface area is 299 Å². The van der Waals surface area contributed by atoms with Crippen LogP contribution in [0.5, 0.6) is 0 Å². The first-order valence-electron chi connectivity index (χ1n) is 17.1. The van der Waals surface area contributed by atoms with Crippen LogP contribution in [0.2, 0.25) is 0 Å². The van der Waals surface area contributed by atoms with Gasteiger partial charge in [-0.3, -0.25) is 0 Å². The third-order valence-corrected chi connectivity index (χ3v) is 10.8. The van der Waals surface area contributed by atoms with Crippen LogP contribution in [0.25, 0.3) is 98.1 Å². The van der Waals surface area contributed by atoms with Crippen molar-refractivity contribution in [2.75, 3.05) is 0 Å². The lowest BCUT2D eigenvalue weighted by Gasteiger charge is -2.13. The summed E-state index contributed by atoms with van der Waals surface area (Å²) in [4.78, 5) is 15.6. The van der Waals surface area contributed by atoms with E-state index in [0.717, 1.165) is 33.2 Å². The first kappa shape index (κ1) is 29.4. The van der Waals surface area contributed by atoms with Gasteiger partial charge in [-0.25, -0.2) is 15.0 Å². The zero-order valence-electron chi connectivity index (χ0n) is 27.5. The molecule has 3 nitrogen and oxygen atoms in total. The second-order valence-electron chi connectivity index (χ2n) is 12.8. The third kappa shape index (κ3) is 5.16. The summed E-state index contributed by atoms with van der Waals surface area (Å²) in [6.07, 6.45) is 0. The summed E-state index contributed by atoms with van der Waals surface area (Å²) in [5.74, 6) is 1.96. The van der Waals surface area contributed by atoms with E-state index in [1.165, 1.54) is 47.5 Å². The van der Waals surface area contributed by atoms with E-state index in [9.17, 15) is 0 Å². The Kier molecular flexibility index (Phi) is 7.00. The van der Waals surface area contributed by atoms with Gasteiger partial charge < -0.3 is 0 Å². The number of nitrogens with zero attached hydrogens (tertiary/aromatic N) is 3.